The van der Waals surface area contributed by atoms with E-state index in [-0.39, 0.29) is 56.1 Å². The number of esters is 1. The Labute approximate surface area is 311 Å². The first kappa shape index (κ1) is 41.2. The highest BCUT2D eigenvalue weighted by Gasteiger charge is 2.29. The Hall–Kier alpha value is -4.52. The molecule has 0 radical (unpaired) electrons. The van der Waals surface area contributed by atoms with E-state index in [1.165, 1.54) is 7.11 Å². The first-order valence-corrected chi connectivity index (χ1v) is 18.2. The summed E-state index contributed by atoms with van der Waals surface area (Å²) >= 11 is 0. The number of aromatic hydroxyl groups is 1. The number of carbonyl (C=O) groups excluding carboxylic acids is 1. The summed E-state index contributed by atoms with van der Waals surface area (Å²) in [5.74, 6) is 0.481. The Morgan fingerprint density at radius 3 is 1.77 bits per heavy atom. The molecule has 1 saturated heterocycles. The summed E-state index contributed by atoms with van der Waals surface area (Å²) < 4.78 is 23.4. The van der Waals surface area contributed by atoms with Crippen LogP contribution in [0.5, 0.6) is 11.5 Å². The molecule has 0 amide bonds. The molecule has 0 bridgehead atoms. The van der Waals surface area contributed by atoms with Crippen LogP contribution in [0.25, 0.3) is 22.1 Å². The van der Waals surface area contributed by atoms with Crippen LogP contribution >= 0.6 is 0 Å². The molecule has 3 heterocycles. The van der Waals surface area contributed by atoms with Crippen molar-refractivity contribution >= 4 is 34.0 Å². The van der Waals surface area contributed by atoms with Crippen molar-refractivity contribution in [3.05, 3.63) is 57.4 Å². The highest BCUT2D eigenvalue weighted by atomic mass is 16.7. The molecule has 4 aromatic rings. The molecule has 2 saturated carbocycles. The maximum Gasteiger partial charge on any atom is 0.328 e. The fraction of sp³-hybridized carbons (Fsp3) is 0.600. The molecule has 1 unspecified atom stereocenters. The molecule has 2 N–H and O–H groups in total. The lowest BCUT2D eigenvalue weighted by molar-refractivity contribution is -0.147. The number of rotatable bonds is 8. The average Bonchev–Trinajstić information content (AvgIpc) is 3.51. The predicted molar refractivity (Wildman–Crippen MR) is 204 cm³/mol. The molecule has 3 fully saturated rings. The van der Waals surface area contributed by atoms with Crippen molar-refractivity contribution in [3.63, 3.8) is 0 Å². The molecule has 1 atom stereocenters. The third kappa shape index (κ3) is 9.17. The molecule has 2 aromatic carbocycles. The first-order chi connectivity index (χ1) is 24.5. The standard InChI is InChI=1S/C22H30N2O5.C16H20N2O4.2CH4/c1-23-18-11-10-17(29-20-5-3-4-12-28-20)13-19(18)24(22(23)26)14-15-6-8-16(9-7-15)21(25)27-2;1-17-13-7-6-12(19)8-14(13)18(16(17)22)9-10-2-4-11(5-3-10)15(20)21;;/h10-11,13,15-16,20H,3-9,12,14H2,1-2H3;6-8,10-11,19H,2-5,9H2,1H3,(H,20,21);2*1H4. The first-order valence-electron chi connectivity index (χ1n) is 18.2. The van der Waals surface area contributed by atoms with E-state index in [1.54, 1.807) is 46.0 Å². The number of carboxylic acids is 1. The van der Waals surface area contributed by atoms with Gasteiger partial charge in [-0.2, -0.15) is 0 Å². The van der Waals surface area contributed by atoms with Gasteiger partial charge in [0.2, 0.25) is 0 Å². The highest BCUT2D eigenvalue weighted by molar-refractivity contribution is 5.78. The second kappa shape index (κ2) is 18.0. The molecule has 53 heavy (non-hydrogen) atoms. The van der Waals surface area contributed by atoms with Gasteiger partial charge in [-0.1, -0.05) is 14.9 Å². The fourth-order valence-electron chi connectivity index (χ4n) is 8.03. The maximum atomic E-state index is 12.9. The van der Waals surface area contributed by atoms with Crippen molar-refractivity contribution in [1.29, 1.82) is 0 Å². The van der Waals surface area contributed by atoms with Crippen molar-refractivity contribution < 1.29 is 34.0 Å². The Morgan fingerprint density at radius 1 is 0.736 bits per heavy atom. The van der Waals surface area contributed by atoms with E-state index in [0.717, 1.165) is 92.2 Å². The summed E-state index contributed by atoms with van der Waals surface area (Å²) in [6.45, 7) is 1.97. The van der Waals surface area contributed by atoms with Gasteiger partial charge in [-0.25, -0.2) is 9.59 Å². The lowest BCUT2D eigenvalue weighted by Crippen LogP contribution is -2.29. The number of ether oxygens (including phenoxy) is 3. The van der Waals surface area contributed by atoms with Crippen LogP contribution in [0.15, 0.2) is 46.0 Å². The molecular formula is C40H58N4O9. The van der Waals surface area contributed by atoms with Gasteiger partial charge in [0, 0.05) is 45.7 Å². The number of phenolic OH excluding ortho intramolecular Hbond substituents is 1. The minimum atomic E-state index is -0.717. The summed E-state index contributed by atoms with van der Waals surface area (Å²) in [6.07, 6.45) is 9.35. The topological polar surface area (TPSA) is 156 Å². The summed E-state index contributed by atoms with van der Waals surface area (Å²) in [4.78, 5) is 48.0. The SMILES string of the molecule is C.C.COC(=O)C1CCC(Cn2c(=O)n(C)c3ccc(OC4CCCCO4)cc32)CC1.Cn1c(=O)n(CC2CCC(C(=O)O)CC2)c2cc(O)ccc21. The van der Waals surface area contributed by atoms with Gasteiger partial charge in [0.15, 0.2) is 6.29 Å². The van der Waals surface area contributed by atoms with E-state index in [1.807, 2.05) is 22.8 Å². The Balaban J connectivity index is 0.000000236. The van der Waals surface area contributed by atoms with E-state index >= 15 is 0 Å². The van der Waals surface area contributed by atoms with Crippen LogP contribution in [0.2, 0.25) is 0 Å². The minimum Gasteiger partial charge on any atom is -0.508 e. The fourth-order valence-corrected chi connectivity index (χ4v) is 8.03. The summed E-state index contributed by atoms with van der Waals surface area (Å²) in [6, 6.07) is 10.7. The summed E-state index contributed by atoms with van der Waals surface area (Å²) in [7, 11) is 4.97. The average molecular weight is 739 g/mol. The van der Waals surface area contributed by atoms with Gasteiger partial charge in [0.05, 0.1) is 47.6 Å². The predicted octanol–water partition coefficient (Wildman–Crippen LogP) is 6.43. The van der Waals surface area contributed by atoms with Crippen LogP contribution in [0.1, 0.15) is 85.5 Å². The van der Waals surface area contributed by atoms with E-state index < -0.39 is 5.97 Å². The lowest BCUT2D eigenvalue weighted by Gasteiger charge is -2.27. The van der Waals surface area contributed by atoms with Gasteiger partial charge < -0.3 is 24.4 Å². The lowest BCUT2D eigenvalue weighted by atomic mass is 9.82. The molecule has 2 aliphatic carbocycles. The molecule has 2 aromatic heterocycles. The van der Waals surface area contributed by atoms with Gasteiger partial charge >= 0.3 is 23.3 Å². The van der Waals surface area contributed by atoms with Gasteiger partial charge in [0.25, 0.3) is 0 Å². The van der Waals surface area contributed by atoms with Crippen molar-refractivity contribution in [3.8, 4) is 11.5 Å². The quantitative estimate of drug-likeness (QED) is 0.195. The minimum absolute atomic E-state index is 0. The Bertz CT molecular complexity index is 1970. The van der Waals surface area contributed by atoms with Gasteiger partial charge in [0.1, 0.15) is 11.5 Å². The molecule has 13 heteroatoms. The van der Waals surface area contributed by atoms with Crippen LogP contribution in [0.4, 0.5) is 0 Å². The zero-order valence-corrected chi connectivity index (χ0v) is 29.8. The van der Waals surface area contributed by atoms with Gasteiger partial charge in [-0.3, -0.25) is 27.9 Å². The molecule has 1 aliphatic heterocycles. The smallest absolute Gasteiger partial charge is 0.328 e. The second-order valence-corrected chi connectivity index (χ2v) is 14.4. The molecule has 7 rings (SSSR count). The number of hydrogen-bond acceptors (Lipinski definition) is 8. The Kier molecular flexibility index (Phi) is 14.0. The number of methoxy groups -OCH3 is 1. The number of aromatic nitrogens is 4. The van der Waals surface area contributed by atoms with Crippen LogP contribution in [0, 0.1) is 23.7 Å². The van der Waals surface area contributed by atoms with E-state index in [0.29, 0.717) is 37.8 Å². The van der Waals surface area contributed by atoms with Crippen molar-refractivity contribution in [2.24, 2.45) is 37.8 Å². The maximum absolute atomic E-state index is 12.9. The zero-order valence-electron chi connectivity index (χ0n) is 29.8. The monoisotopic (exact) mass is 738 g/mol. The van der Waals surface area contributed by atoms with E-state index in [9.17, 15) is 24.3 Å². The second-order valence-electron chi connectivity index (χ2n) is 14.4. The molecule has 13 nitrogen and oxygen atoms in total. The molecule has 292 valence electrons. The number of fused-ring (bicyclic) bond motifs is 2. The third-order valence-corrected chi connectivity index (χ3v) is 11.1. The number of hydrogen-bond donors (Lipinski definition) is 2. The number of carbonyl (C=O) groups is 2. The number of phenols is 1. The van der Waals surface area contributed by atoms with Crippen molar-refractivity contribution in [2.45, 2.75) is 105 Å². The number of aliphatic carboxylic acids is 1. The highest BCUT2D eigenvalue weighted by Crippen LogP contribution is 2.33. The van der Waals surface area contributed by atoms with Crippen LogP contribution in [0.3, 0.4) is 0 Å². The normalized spacial score (nSPS) is 22.9. The van der Waals surface area contributed by atoms with Crippen LogP contribution in [-0.2, 0) is 46.2 Å². The van der Waals surface area contributed by atoms with E-state index in [4.69, 9.17) is 19.3 Å². The van der Waals surface area contributed by atoms with Crippen LogP contribution in [-0.4, -0.2) is 60.4 Å². The number of benzene rings is 2. The molecule has 0 spiro atoms. The molecule has 3 aliphatic rings. The van der Waals surface area contributed by atoms with Gasteiger partial charge in [-0.05, 0) is 100 Å². The summed E-state index contributed by atoms with van der Waals surface area (Å²) in [5, 5.41) is 18.7. The van der Waals surface area contributed by atoms with Crippen molar-refractivity contribution in [1.82, 2.24) is 18.3 Å². The number of nitrogens with zero attached hydrogens (tertiary/aromatic N) is 4. The third-order valence-electron chi connectivity index (χ3n) is 11.1. The van der Waals surface area contributed by atoms with Gasteiger partial charge in [-0.15, -0.1) is 0 Å². The zero-order chi connectivity index (χ0) is 36.2. The number of imidazole rings is 2. The number of aryl methyl sites for hydroxylation is 2. The number of carboxylic acid groups (broad SMARTS) is 1. The largest absolute Gasteiger partial charge is 0.508 e. The van der Waals surface area contributed by atoms with Crippen molar-refractivity contribution in [2.75, 3.05) is 13.7 Å². The van der Waals surface area contributed by atoms with E-state index in [2.05, 4.69) is 0 Å². The van der Waals surface area contributed by atoms with Crippen LogP contribution < -0.4 is 16.1 Å². The Morgan fingerprint density at radius 2 is 1.26 bits per heavy atom. The molecular weight excluding hydrogens is 680 g/mol. The summed E-state index contributed by atoms with van der Waals surface area (Å²) in [5.41, 5.74) is 3.20.